The number of hydrogen-bond acceptors (Lipinski definition) is 3. The van der Waals surface area contributed by atoms with E-state index < -0.39 is 0 Å². The first-order chi connectivity index (χ1) is 9.08. The number of nitrogens with zero attached hydrogens (tertiary/aromatic N) is 1. The van der Waals surface area contributed by atoms with E-state index in [1.54, 1.807) is 18.2 Å². The molecular formula is C14H21IN2O2. The highest BCUT2D eigenvalue weighted by Gasteiger charge is 2.10. The predicted molar refractivity (Wildman–Crippen MR) is 87.6 cm³/mol. The minimum atomic E-state index is -0.359. The molecule has 19 heavy (non-hydrogen) atoms. The number of halogens is 1. The molecule has 0 heterocycles. The fourth-order valence-corrected chi connectivity index (χ4v) is 2.65. The van der Waals surface area contributed by atoms with Crippen LogP contribution in [-0.2, 0) is 0 Å². The molecule has 4 nitrogen and oxygen atoms in total. The summed E-state index contributed by atoms with van der Waals surface area (Å²) in [4.78, 5) is 10.3. The van der Waals surface area contributed by atoms with E-state index in [0.717, 1.165) is 22.2 Å². The van der Waals surface area contributed by atoms with Gasteiger partial charge in [0.2, 0.25) is 0 Å². The normalized spacial score (nSPS) is 12.2. The monoisotopic (exact) mass is 376 g/mol. The summed E-state index contributed by atoms with van der Waals surface area (Å²) in [5.74, 6) is 0.672. The highest BCUT2D eigenvalue weighted by atomic mass is 127. The van der Waals surface area contributed by atoms with E-state index in [1.807, 2.05) is 0 Å². The third-order valence-electron chi connectivity index (χ3n) is 3.29. The Morgan fingerprint density at radius 1 is 1.42 bits per heavy atom. The highest BCUT2D eigenvalue weighted by molar-refractivity contribution is 14.1. The Labute approximate surface area is 128 Å². The van der Waals surface area contributed by atoms with Gasteiger partial charge in [-0.15, -0.1) is 0 Å². The van der Waals surface area contributed by atoms with Crippen molar-refractivity contribution < 1.29 is 4.92 Å². The average Bonchev–Trinajstić information content (AvgIpc) is 2.40. The van der Waals surface area contributed by atoms with Gasteiger partial charge in [0.15, 0.2) is 0 Å². The molecule has 5 heteroatoms. The van der Waals surface area contributed by atoms with Crippen molar-refractivity contribution in [3.8, 4) is 0 Å². The molecule has 0 aromatic heterocycles. The Hall–Kier alpha value is -0.850. The highest BCUT2D eigenvalue weighted by Crippen LogP contribution is 2.24. The average molecular weight is 376 g/mol. The van der Waals surface area contributed by atoms with E-state index in [-0.39, 0.29) is 10.6 Å². The molecule has 0 aliphatic heterocycles. The van der Waals surface area contributed by atoms with E-state index in [2.05, 4.69) is 41.8 Å². The lowest BCUT2D eigenvalue weighted by Crippen LogP contribution is -2.14. The zero-order valence-corrected chi connectivity index (χ0v) is 13.6. The summed E-state index contributed by atoms with van der Waals surface area (Å²) in [6.07, 6.45) is 4.89. The van der Waals surface area contributed by atoms with Crippen LogP contribution >= 0.6 is 22.6 Å². The van der Waals surface area contributed by atoms with Gasteiger partial charge in [0.1, 0.15) is 0 Å². The van der Waals surface area contributed by atoms with Crippen LogP contribution in [0.3, 0.4) is 0 Å². The van der Waals surface area contributed by atoms with Crippen molar-refractivity contribution >= 4 is 34.0 Å². The first kappa shape index (κ1) is 16.2. The quantitative estimate of drug-likeness (QED) is 0.402. The number of nitrogens with one attached hydrogen (secondary N) is 1. The first-order valence-corrected chi connectivity index (χ1v) is 7.84. The van der Waals surface area contributed by atoms with Crippen molar-refractivity contribution in [2.24, 2.45) is 5.92 Å². The Kier molecular flexibility index (Phi) is 7.12. The SMILES string of the molecule is CCCCC(CC)CNc1ccc([N+](=O)[O-])cc1I. The third-order valence-corrected chi connectivity index (χ3v) is 4.18. The molecule has 0 aliphatic rings. The Bertz CT molecular complexity index is 424. The summed E-state index contributed by atoms with van der Waals surface area (Å²) >= 11 is 2.14. The van der Waals surface area contributed by atoms with Gasteiger partial charge in [0.25, 0.3) is 5.69 Å². The number of nitro benzene ring substituents is 1. The van der Waals surface area contributed by atoms with Gasteiger partial charge in [-0.1, -0.05) is 33.1 Å². The number of unbranched alkanes of at least 4 members (excludes halogenated alkanes) is 1. The Morgan fingerprint density at radius 2 is 2.16 bits per heavy atom. The van der Waals surface area contributed by atoms with Crippen LogP contribution in [0.5, 0.6) is 0 Å². The molecule has 0 radical (unpaired) electrons. The molecule has 1 aromatic carbocycles. The molecule has 1 N–H and O–H groups in total. The molecular weight excluding hydrogens is 355 g/mol. The Balaban J connectivity index is 2.59. The summed E-state index contributed by atoms with van der Waals surface area (Å²) in [7, 11) is 0. The van der Waals surface area contributed by atoms with E-state index in [9.17, 15) is 10.1 Å². The van der Waals surface area contributed by atoms with Gasteiger partial charge in [-0.3, -0.25) is 10.1 Å². The molecule has 0 bridgehead atoms. The third kappa shape index (κ3) is 5.34. The lowest BCUT2D eigenvalue weighted by Gasteiger charge is -2.16. The summed E-state index contributed by atoms with van der Waals surface area (Å²) < 4.78 is 0.900. The molecule has 1 unspecified atom stereocenters. The minimum absolute atomic E-state index is 0.146. The zero-order valence-electron chi connectivity index (χ0n) is 11.5. The molecule has 0 spiro atoms. The maximum Gasteiger partial charge on any atom is 0.270 e. The minimum Gasteiger partial charge on any atom is -0.384 e. The van der Waals surface area contributed by atoms with Gasteiger partial charge in [-0.2, -0.15) is 0 Å². The predicted octanol–water partition coefficient (Wildman–Crippen LogP) is 4.83. The zero-order chi connectivity index (χ0) is 14.3. The van der Waals surface area contributed by atoms with Crippen LogP contribution in [0.1, 0.15) is 39.5 Å². The van der Waals surface area contributed by atoms with E-state index in [4.69, 9.17) is 0 Å². The topological polar surface area (TPSA) is 55.2 Å². The fraction of sp³-hybridized carbons (Fsp3) is 0.571. The van der Waals surface area contributed by atoms with E-state index in [0.29, 0.717) is 5.92 Å². The van der Waals surface area contributed by atoms with Crippen LogP contribution in [0, 0.1) is 19.6 Å². The number of benzene rings is 1. The van der Waals surface area contributed by atoms with Crippen molar-refractivity contribution in [2.45, 2.75) is 39.5 Å². The molecule has 1 aromatic rings. The van der Waals surface area contributed by atoms with Crippen LogP contribution in [0.15, 0.2) is 18.2 Å². The number of anilines is 1. The van der Waals surface area contributed by atoms with Gasteiger partial charge >= 0.3 is 0 Å². The van der Waals surface area contributed by atoms with Crippen LogP contribution in [0.4, 0.5) is 11.4 Å². The molecule has 0 amide bonds. The number of hydrogen-bond donors (Lipinski definition) is 1. The lowest BCUT2D eigenvalue weighted by atomic mass is 9.99. The molecule has 0 saturated heterocycles. The van der Waals surface area contributed by atoms with Crippen LogP contribution < -0.4 is 5.32 Å². The van der Waals surface area contributed by atoms with Crippen LogP contribution in [-0.4, -0.2) is 11.5 Å². The standard InChI is InChI=1S/C14H21IN2O2/c1-3-5-6-11(4-2)10-16-14-8-7-12(17(18)19)9-13(14)15/h7-9,11,16H,3-6,10H2,1-2H3. The molecule has 1 atom stereocenters. The maximum absolute atomic E-state index is 10.7. The van der Waals surface area contributed by atoms with E-state index in [1.165, 1.54) is 19.3 Å². The second kappa shape index (κ2) is 8.35. The first-order valence-electron chi connectivity index (χ1n) is 6.76. The lowest BCUT2D eigenvalue weighted by molar-refractivity contribution is -0.384. The Morgan fingerprint density at radius 3 is 2.68 bits per heavy atom. The molecule has 0 fully saturated rings. The van der Waals surface area contributed by atoms with Gasteiger partial charge in [-0.05, 0) is 41.0 Å². The van der Waals surface area contributed by atoms with Crippen molar-refractivity contribution in [1.29, 1.82) is 0 Å². The van der Waals surface area contributed by atoms with Gasteiger partial charge < -0.3 is 5.32 Å². The van der Waals surface area contributed by atoms with Crippen molar-refractivity contribution in [3.63, 3.8) is 0 Å². The molecule has 1 rings (SSSR count). The van der Waals surface area contributed by atoms with Crippen LogP contribution in [0.2, 0.25) is 0 Å². The maximum atomic E-state index is 10.7. The van der Waals surface area contributed by atoms with Crippen molar-refractivity contribution in [1.82, 2.24) is 0 Å². The van der Waals surface area contributed by atoms with Crippen LogP contribution in [0.25, 0.3) is 0 Å². The smallest absolute Gasteiger partial charge is 0.270 e. The second-order valence-corrected chi connectivity index (χ2v) is 5.88. The van der Waals surface area contributed by atoms with E-state index >= 15 is 0 Å². The summed E-state index contributed by atoms with van der Waals surface area (Å²) in [6, 6.07) is 4.96. The number of rotatable bonds is 8. The number of non-ortho nitro benzene ring substituents is 1. The fourth-order valence-electron chi connectivity index (χ4n) is 1.96. The molecule has 106 valence electrons. The van der Waals surface area contributed by atoms with Gasteiger partial charge in [0, 0.05) is 27.9 Å². The summed E-state index contributed by atoms with van der Waals surface area (Å²) in [5, 5.41) is 14.1. The summed E-state index contributed by atoms with van der Waals surface area (Å²) in [6.45, 7) is 5.35. The molecule has 0 aliphatic carbocycles. The van der Waals surface area contributed by atoms with Crippen molar-refractivity contribution in [2.75, 3.05) is 11.9 Å². The second-order valence-electron chi connectivity index (χ2n) is 4.72. The summed E-state index contributed by atoms with van der Waals surface area (Å²) in [5.41, 5.74) is 1.13. The largest absolute Gasteiger partial charge is 0.384 e. The van der Waals surface area contributed by atoms with Gasteiger partial charge in [-0.25, -0.2) is 0 Å². The van der Waals surface area contributed by atoms with Gasteiger partial charge in [0.05, 0.1) is 4.92 Å². The van der Waals surface area contributed by atoms with Crippen molar-refractivity contribution in [3.05, 3.63) is 31.9 Å². The molecule has 0 saturated carbocycles. The number of nitro groups is 1.